The zero-order chi connectivity index (χ0) is 23.8. The van der Waals surface area contributed by atoms with Crippen LogP contribution in [0.1, 0.15) is 111 Å². The molecule has 1 aliphatic rings. The minimum Gasteiger partial charge on any atom is -0.507 e. The van der Waals surface area contributed by atoms with Crippen LogP contribution >= 0.6 is 0 Å². The Morgan fingerprint density at radius 3 is 2.29 bits per heavy atom. The molecule has 3 N–H and O–H groups in total. The minimum absolute atomic E-state index is 0.236. The van der Waals surface area contributed by atoms with Crippen LogP contribution in [0.2, 0.25) is 0 Å². The molecule has 0 aliphatic carbocycles. The summed E-state index contributed by atoms with van der Waals surface area (Å²) < 4.78 is 0. The van der Waals surface area contributed by atoms with Crippen LogP contribution in [-0.4, -0.2) is 23.1 Å². The fourth-order valence-corrected chi connectivity index (χ4v) is 3.15. The molecule has 1 aromatic carbocycles. The number of hydrogen-bond donors (Lipinski definition) is 2. The van der Waals surface area contributed by atoms with Crippen LogP contribution in [0.5, 0.6) is 5.75 Å². The molecule has 0 spiro atoms. The van der Waals surface area contributed by atoms with E-state index in [2.05, 4.69) is 44.6 Å². The molecule has 0 saturated heterocycles. The normalized spacial score (nSPS) is 14.2. The number of aromatic hydroxyl groups is 1. The zero-order valence-electron chi connectivity index (χ0n) is 21.3. The molecule has 4 nitrogen and oxygen atoms in total. The van der Waals surface area contributed by atoms with E-state index in [1.54, 1.807) is 12.1 Å². The maximum atomic E-state index is 10.2. The number of unbranched alkanes of at least 4 members (excludes halogenated alkanes) is 3. The molecule has 1 atom stereocenters. The van der Waals surface area contributed by atoms with Gasteiger partial charge in [-0.3, -0.25) is 4.99 Å². The molecule has 4 heteroatoms. The van der Waals surface area contributed by atoms with Crippen molar-refractivity contribution >= 4 is 11.4 Å². The maximum absolute atomic E-state index is 10.2. The van der Waals surface area contributed by atoms with Gasteiger partial charge in [-0.1, -0.05) is 93.1 Å². The summed E-state index contributed by atoms with van der Waals surface area (Å²) in [6, 6.07) is 5.69. The van der Waals surface area contributed by atoms with Crippen LogP contribution < -0.4 is 5.73 Å². The summed E-state index contributed by atoms with van der Waals surface area (Å²) in [7, 11) is 0. The number of aliphatic imine (C=N–C) groups is 2. The molecular formula is C27H47N3O. The first kappa shape index (κ1) is 28.9. The fraction of sp³-hybridized carbons (Fsp3) is 0.630. The fourth-order valence-electron chi connectivity index (χ4n) is 3.15. The Kier molecular flexibility index (Phi) is 15.5. The summed E-state index contributed by atoms with van der Waals surface area (Å²) in [5, 5.41) is 10.2. The molecule has 1 aromatic rings. The van der Waals surface area contributed by atoms with E-state index >= 15 is 0 Å². The molecule has 31 heavy (non-hydrogen) atoms. The van der Waals surface area contributed by atoms with Gasteiger partial charge in [-0.05, 0) is 42.5 Å². The van der Waals surface area contributed by atoms with Gasteiger partial charge in [0.15, 0.2) is 0 Å². The highest BCUT2D eigenvalue weighted by atomic mass is 16.3. The Labute approximate surface area is 191 Å². The van der Waals surface area contributed by atoms with Crippen LogP contribution in [0.4, 0.5) is 0 Å². The van der Waals surface area contributed by atoms with Gasteiger partial charge in [0.05, 0.1) is 18.0 Å². The number of rotatable bonds is 8. The molecule has 2 rings (SSSR count). The lowest BCUT2D eigenvalue weighted by atomic mass is 9.98. The van der Waals surface area contributed by atoms with Crippen molar-refractivity contribution in [3.63, 3.8) is 0 Å². The van der Waals surface area contributed by atoms with Gasteiger partial charge in [0.25, 0.3) is 0 Å². The first-order valence-corrected chi connectivity index (χ1v) is 12.2. The summed E-state index contributed by atoms with van der Waals surface area (Å²) in [5.74, 6) is 2.04. The molecule has 0 saturated carbocycles. The molecular weight excluding hydrogens is 382 g/mol. The topological polar surface area (TPSA) is 71.0 Å². The highest BCUT2D eigenvalue weighted by Crippen LogP contribution is 2.25. The quantitative estimate of drug-likeness (QED) is 0.417. The molecule has 0 radical (unpaired) electrons. The van der Waals surface area contributed by atoms with E-state index in [1.807, 2.05) is 32.9 Å². The van der Waals surface area contributed by atoms with Crippen molar-refractivity contribution in [2.75, 3.05) is 6.54 Å². The van der Waals surface area contributed by atoms with Crippen LogP contribution in [0.25, 0.3) is 0 Å². The third-order valence-electron chi connectivity index (χ3n) is 5.38. The van der Waals surface area contributed by atoms with Crippen molar-refractivity contribution in [1.29, 1.82) is 0 Å². The number of hydrogen-bond acceptors (Lipinski definition) is 4. The molecule has 1 aliphatic heterocycles. The van der Waals surface area contributed by atoms with E-state index in [4.69, 9.17) is 5.73 Å². The van der Waals surface area contributed by atoms with Crippen molar-refractivity contribution in [2.24, 2.45) is 21.6 Å². The number of phenols is 1. The highest BCUT2D eigenvalue weighted by molar-refractivity contribution is 6.48. The predicted octanol–water partition coefficient (Wildman–Crippen LogP) is 7.61. The summed E-state index contributed by atoms with van der Waals surface area (Å²) in [5.41, 5.74) is 8.93. The van der Waals surface area contributed by atoms with Gasteiger partial charge in [0.2, 0.25) is 0 Å². The van der Waals surface area contributed by atoms with E-state index < -0.39 is 0 Å². The van der Waals surface area contributed by atoms with Crippen molar-refractivity contribution in [3.8, 4) is 5.75 Å². The van der Waals surface area contributed by atoms with Gasteiger partial charge >= 0.3 is 0 Å². The molecule has 0 aromatic heterocycles. The average molecular weight is 430 g/mol. The smallest absolute Gasteiger partial charge is 0.125 e. The Bertz CT molecular complexity index is 717. The summed E-state index contributed by atoms with van der Waals surface area (Å²) in [6.07, 6.45) is 10.2. The predicted molar refractivity (Wildman–Crippen MR) is 139 cm³/mol. The van der Waals surface area contributed by atoms with Crippen molar-refractivity contribution < 1.29 is 5.11 Å². The van der Waals surface area contributed by atoms with E-state index in [0.29, 0.717) is 29.6 Å². The second kappa shape index (κ2) is 16.6. The van der Waals surface area contributed by atoms with E-state index in [-0.39, 0.29) is 5.75 Å². The highest BCUT2D eigenvalue weighted by Gasteiger charge is 2.15. The Hall–Kier alpha value is -2.10. The lowest BCUT2D eigenvalue weighted by Crippen LogP contribution is -2.13. The van der Waals surface area contributed by atoms with Gasteiger partial charge < -0.3 is 10.8 Å². The van der Waals surface area contributed by atoms with Crippen LogP contribution in [0.3, 0.4) is 0 Å². The van der Waals surface area contributed by atoms with Crippen LogP contribution in [-0.2, 0) is 0 Å². The molecule has 1 heterocycles. The van der Waals surface area contributed by atoms with Crippen molar-refractivity contribution in [1.82, 2.24) is 0 Å². The number of phenolic OH excluding ortho intramolecular Hbond substituents is 1. The summed E-state index contributed by atoms with van der Waals surface area (Å²) >= 11 is 0. The number of nitrogens with zero attached hydrogens (tertiary/aromatic N) is 2. The molecule has 0 fully saturated rings. The van der Waals surface area contributed by atoms with Gasteiger partial charge in [-0.15, -0.1) is 0 Å². The van der Waals surface area contributed by atoms with Crippen molar-refractivity contribution in [2.45, 2.75) is 99.8 Å². The van der Waals surface area contributed by atoms with Gasteiger partial charge in [-0.2, -0.15) is 0 Å². The van der Waals surface area contributed by atoms with Crippen LogP contribution in [0.15, 0.2) is 40.1 Å². The first-order valence-electron chi connectivity index (χ1n) is 12.2. The van der Waals surface area contributed by atoms with E-state index in [1.165, 1.54) is 38.5 Å². The lowest BCUT2D eigenvalue weighted by Gasteiger charge is -2.11. The Morgan fingerprint density at radius 1 is 1.06 bits per heavy atom. The first-order chi connectivity index (χ1) is 14.8. The molecule has 0 amide bonds. The largest absolute Gasteiger partial charge is 0.507 e. The molecule has 0 bridgehead atoms. The van der Waals surface area contributed by atoms with E-state index in [9.17, 15) is 5.11 Å². The second-order valence-electron chi connectivity index (χ2n) is 8.31. The van der Waals surface area contributed by atoms with E-state index in [0.717, 1.165) is 17.2 Å². The van der Waals surface area contributed by atoms with Gasteiger partial charge in [0, 0.05) is 5.56 Å². The minimum atomic E-state index is 0.236. The zero-order valence-corrected chi connectivity index (χ0v) is 21.3. The average Bonchev–Trinajstić information content (AvgIpc) is 2.92. The van der Waals surface area contributed by atoms with Crippen molar-refractivity contribution in [3.05, 3.63) is 41.2 Å². The molecule has 176 valence electrons. The summed E-state index contributed by atoms with van der Waals surface area (Å²) in [6.45, 7) is 17.4. The molecule has 0 unspecified atom stereocenters. The Morgan fingerprint density at radius 2 is 1.74 bits per heavy atom. The maximum Gasteiger partial charge on any atom is 0.125 e. The number of benzene rings is 1. The monoisotopic (exact) mass is 429 g/mol. The second-order valence-corrected chi connectivity index (χ2v) is 8.31. The third-order valence-corrected chi connectivity index (χ3v) is 5.38. The standard InChI is InChI=1S/C15H19N3O.C10H22.C2H6/c1-9(2)11-4-5-12(13(19)8-11)15-10(3)18-14(16)6-7-17-15;1-4-6-7-8-9-10(3)5-2;1-2/h4-6,8-9,19H,7,16H2,1-3H3;10H,4-9H2,1-3H3;1-2H3/t;10-;/m.1./s1. The van der Waals surface area contributed by atoms with Crippen LogP contribution in [0, 0.1) is 5.92 Å². The van der Waals surface area contributed by atoms with Gasteiger partial charge in [0.1, 0.15) is 11.6 Å². The van der Waals surface area contributed by atoms with Gasteiger partial charge in [-0.25, -0.2) is 4.99 Å². The summed E-state index contributed by atoms with van der Waals surface area (Å²) in [4.78, 5) is 8.68. The Balaban J connectivity index is 0.000000639. The SMILES string of the molecule is CC.CC1=NC(N)=CCN=C1c1ccc(C(C)C)cc1O.CCCCCC[C@H](C)CC. The third kappa shape index (κ3) is 11.2. The number of nitrogens with two attached hydrogens (primary N) is 1. The lowest BCUT2D eigenvalue weighted by molar-refractivity contribution is 0.473.